The second-order valence-corrected chi connectivity index (χ2v) is 7.62. The molecule has 6 nitrogen and oxygen atoms in total. The molecule has 0 radical (unpaired) electrons. The highest BCUT2D eigenvalue weighted by molar-refractivity contribution is 7.99. The van der Waals surface area contributed by atoms with Crippen molar-refractivity contribution >= 4 is 17.7 Å². The van der Waals surface area contributed by atoms with Crippen molar-refractivity contribution in [3.05, 3.63) is 60.4 Å². The summed E-state index contributed by atoms with van der Waals surface area (Å²) in [5.41, 5.74) is 0.722. The maximum absolute atomic E-state index is 13.9. The van der Waals surface area contributed by atoms with Gasteiger partial charge >= 0.3 is 0 Å². The van der Waals surface area contributed by atoms with Gasteiger partial charge in [-0.05, 0) is 36.8 Å². The zero-order chi connectivity index (χ0) is 19.9. The number of aromatic nitrogens is 3. The van der Waals surface area contributed by atoms with Crippen LogP contribution in [0.1, 0.15) is 6.42 Å². The maximum atomic E-state index is 13.9. The van der Waals surface area contributed by atoms with Crippen LogP contribution in [0.5, 0.6) is 5.75 Å². The van der Waals surface area contributed by atoms with E-state index in [9.17, 15) is 4.39 Å². The number of anilines is 1. The van der Waals surface area contributed by atoms with Crippen molar-refractivity contribution < 1.29 is 13.9 Å². The van der Waals surface area contributed by atoms with E-state index in [0.29, 0.717) is 19.8 Å². The molecule has 1 saturated heterocycles. The van der Waals surface area contributed by atoms with Crippen LogP contribution in [0, 0.1) is 5.82 Å². The standard InChI is InChI=1S/C21H23FN4O2S/c22-17-6-4-7-18(16-17)26-20(25-10-13-27-14-11-25)23-24-21(26)29-15-5-12-28-19-8-2-1-3-9-19/h1-4,6-9,16H,5,10-15H2. The van der Waals surface area contributed by atoms with Crippen LogP contribution < -0.4 is 9.64 Å². The Morgan fingerprint density at radius 1 is 1.03 bits per heavy atom. The van der Waals surface area contributed by atoms with E-state index in [-0.39, 0.29) is 5.82 Å². The lowest BCUT2D eigenvalue weighted by Crippen LogP contribution is -2.37. The third-order valence-corrected chi connectivity index (χ3v) is 5.52. The topological polar surface area (TPSA) is 52.4 Å². The predicted molar refractivity (Wildman–Crippen MR) is 112 cm³/mol. The van der Waals surface area contributed by atoms with Crippen molar-refractivity contribution in [3.8, 4) is 11.4 Å². The summed E-state index contributed by atoms with van der Waals surface area (Å²) in [4.78, 5) is 2.13. The second-order valence-electron chi connectivity index (χ2n) is 6.56. The zero-order valence-electron chi connectivity index (χ0n) is 16.0. The van der Waals surface area contributed by atoms with Gasteiger partial charge < -0.3 is 14.4 Å². The molecular formula is C21H23FN4O2S. The Morgan fingerprint density at radius 3 is 2.66 bits per heavy atom. The quantitative estimate of drug-likeness (QED) is 0.413. The number of hydrogen-bond acceptors (Lipinski definition) is 6. The molecule has 1 aliphatic rings. The van der Waals surface area contributed by atoms with Gasteiger partial charge in [-0.15, -0.1) is 10.2 Å². The minimum atomic E-state index is -0.281. The molecule has 1 aromatic heterocycles. The molecule has 8 heteroatoms. The lowest BCUT2D eigenvalue weighted by Gasteiger charge is -2.27. The van der Waals surface area contributed by atoms with Gasteiger partial charge in [-0.3, -0.25) is 4.57 Å². The van der Waals surface area contributed by atoms with Crippen molar-refractivity contribution in [2.45, 2.75) is 11.6 Å². The zero-order valence-corrected chi connectivity index (χ0v) is 16.9. The van der Waals surface area contributed by atoms with Crippen molar-refractivity contribution in [1.29, 1.82) is 0 Å². The Morgan fingerprint density at radius 2 is 1.86 bits per heavy atom. The fourth-order valence-corrected chi connectivity index (χ4v) is 3.95. The molecule has 0 bridgehead atoms. The molecule has 1 fully saturated rings. The molecule has 0 amide bonds. The van der Waals surface area contributed by atoms with E-state index in [1.165, 1.54) is 12.1 Å². The number of thioether (sulfide) groups is 1. The smallest absolute Gasteiger partial charge is 0.232 e. The predicted octanol–water partition coefficient (Wildman–Crippen LogP) is 3.80. The summed E-state index contributed by atoms with van der Waals surface area (Å²) in [6, 6.07) is 16.3. The highest BCUT2D eigenvalue weighted by atomic mass is 32.2. The van der Waals surface area contributed by atoms with Crippen molar-refractivity contribution in [2.24, 2.45) is 0 Å². The molecule has 1 aliphatic heterocycles. The van der Waals surface area contributed by atoms with E-state index in [1.807, 2.05) is 41.0 Å². The molecule has 29 heavy (non-hydrogen) atoms. The average Bonchev–Trinajstić information content (AvgIpc) is 3.19. The van der Waals surface area contributed by atoms with Crippen LogP contribution >= 0.6 is 11.8 Å². The lowest BCUT2D eigenvalue weighted by atomic mass is 10.3. The summed E-state index contributed by atoms with van der Waals surface area (Å²) >= 11 is 1.60. The highest BCUT2D eigenvalue weighted by Gasteiger charge is 2.22. The van der Waals surface area contributed by atoms with E-state index in [0.717, 1.165) is 47.8 Å². The molecule has 152 valence electrons. The number of ether oxygens (including phenoxy) is 2. The molecule has 0 N–H and O–H groups in total. The Kier molecular flexibility index (Phi) is 6.63. The Labute approximate surface area is 173 Å². The SMILES string of the molecule is Fc1cccc(-n2c(SCCCOc3ccccc3)nnc2N2CCOCC2)c1. The van der Waals surface area contributed by atoms with Crippen LogP contribution in [0.2, 0.25) is 0 Å². The van der Waals surface area contributed by atoms with Crippen molar-refractivity contribution in [2.75, 3.05) is 43.6 Å². The molecule has 0 spiro atoms. The van der Waals surface area contributed by atoms with Crippen LogP contribution in [-0.2, 0) is 4.74 Å². The summed E-state index contributed by atoms with van der Waals surface area (Å²) < 4.78 is 27.0. The van der Waals surface area contributed by atoms with E-state index in [1.54, 1.807) is 17.8 Å². The van der Waals surface area contributed by atoms with Crippen LogP contribution in [-0.4, -0.2) is 53.4 Å². The van der Waals surface area contributed by atoms with Gasteiger partial charge in [0, 0.05) is 18.8 Å². The third-order valence-electron chi connectivity index (χ3n) is 4.51. The summed E-state index contributed by atoms with van der Waals surface area (Å²) in [6.07, 6.45) is 0.864. The minimum absolute atomic E-state index is 0.281. The summed E-state index contributed by atoms with van der Waals surface area (Å²) in [7, 11) is 0. The maximum Gasteiger partial charge on any atom is 0.232 e. The minimum Gasteiger partial charge on any atom is -0.494 e. The van der Waals surface area contributed by atoms with Gasteiger partial charge in [0.25, 0.3) is 0 Å². The number of benzene rings is 2. The number of nitrogens with zero attached hydrogens (tertiary/aromatic N) is 4. The number of rotatable bonds is 8. The first-order valence-corrected chi connectivity index (χ1v) is 10.6. The van der Waals surface area contributed by atoms with Gasteiger partial charge in [-0.2, -0.15) is 0 Å². The summed E-state index contributed by atoms with van der Waals surface area (Å²) in [6.45, 7) is 3.40. The molecule has 0 aliphatic carbocycles. The van der Waals surface area contributed by atoms with E-state index in [4.69, 9.17) is 9.47 Å². The first-order chi connectivity index (χ1) is 14.3. The van der Waals surface area contributed by atoms with E-state index >= 15 is 0 Å². The summed E-state index contributed by atoms with van der Waals surface area (Å²) in [5, 5.41) is 9.53. The fraction of sp³-hybridized carbons (Fsp3) is 0.333. The second kappa shape index (κ2) is 9.76. The van der Waals surface area contributed by atoms with Gasteiger partial charge in [0.2, 0.25) is 5.95 Å². The Bertz CT molecular complexity index is 916. The average molecular weight is 415 g/mol. The molecule has 2 heterocycles. The normalized spacial score (nSPS) is 14.2. The van der Waals surface area contributed by atoms with Gasteiger partial charge in [0.1, 0.15) is 11.6 Å². The van der Waals surface area contributed by atoms with E-state index in [2.05, 4.69) is 15.1 Å². The molecule has 4 rings (SSSR count). The van der Waals surface area contributed by atoms with Crippen LogP contribution in [0.3, 0.4) is 0 Å². The number of para-hydroxylation sites is 1. The molecular weight excluding hydrogens is 391 g/mol. The fourth-order valence-electron chi connectivity index (χ4n) is 3.09. The first kappa shape index (κ1) is 19.7. The van der Waals surface area contributed by atoms with Crippen molar-refractivity contribution in [3.63, 3.8) is 0 Å². The van der Waals surface area contributed by atoms with Gasteiger partial charge in [-0.1, -0.05) is 36.0 Å². The number of hydrogen-bond donors (Lipinski definition) is 0. The van der Waals surface area contributed by atoms with E-state index < -0.39 is 0 Å². The van der Waals surface area contributed by atoms with Gasteiger partial charge in [0.05, 0.1) is 25.5 Å². The molecule has 3 aromatic rings. The Balaban J connectivity index is 1.45. The third kappa shape index (κ3) is 5.07. The molecule has 0 saturated carbocycles. The number of morpholine rings is 1. The summed E-state index contributed by atoms with van der Waals surface area (Å²) in [5.74, 6) is 2.14. The molecule has 0 atom stereocenters. The van der Waals surface area contributed by atoms with Crippen LogP contribution in [0.15, 0.2) is 59.8 Å². The van der Waals surface area contributed by atoms with Gasteiger partial charge in [0.15, 0.2) is 5.16 Å². The highest BCUT2D eigenvalue weighted by Crippen LogP contribution is 2.28. The van der Waals surface area contributed by atoms with Gasteiger partial charge in [-0.25, -0.2) is 4.39 Å². The monoisotopic (exact) mass is 414 g/mol. The molecule has 0 unspecified atom stereocenters. The largest absolute Gasteiger partial charge is 0.494 e. The first-order valence-electron chi connectivity index (χ1n) is 9.66. The molecule has 2 aromatic carbocycles. The lowest BCUT2D eigenvalue weighted by molar-refractivity contribution is 0.122. The Hall–Kier alpha value is -2.58. The van der Waals surface area contributed by atoms with Crippen LogP contribution in [0.25, 0.3) is 5.69 Å². The van der Waals surface area contributed by atoms with Crippen molar-refractivity contribution in [1.82, 2.24) is 14.8 Å². The number of halogens is 1. The van der Waals surface area contributed by atoms with Crippen LogP contribution in [0.4, 0.5) is 10.3 Å².